The van der Waals surface area contributed by atoms with Crippen LogP contribution in [-0.4, -0.2) is 0 Å². The second kappa shape index (κ2) is 11.1. The van der Waals surface area contributed by atoms with E-state index in [0.29, 0.717) is 0 Å². The third-order valence-electron chi connectivity index (χ3n) is 7.94. The first-order valence-corrected chi connectivity index (χ1v) is 14.5. The average Bonchev–Trinajstić information content (AvgIpc) is 3.96. The Kier molecular flexibility index (Phi) is 2.56. The molecule has 0 saturated carbocycles. The van der Waals surface area contributed by atoms with Crippen LogP contribution in [-0.2, 0) is 0 Å². The molecule has 10 aromatic rings. The Morgan fingerprint density at radius 3 is 1.67 bits per heavy atom. The highest BCUT2D eigenvalue weighted by Crippen LogP contribution is 2.47. The maximum atomic E-state index is 9.63. The van der Waals surface area contributed by atoms with Gasteiger partial charge in [0.05, 0.1) is 39.8 Å². The second-order valence-corrected chi connectivity index (χ2v) is 10.6. The van der Waals surface area contributed by atoms with E-state index in [9.17, 15) is 13.7 Å². The van der Waals surface area contributed by atoms with Gasteiger partial charge >= 0.3 is 0 Å². The summed E-state index contributed by atoms with van der Waals surface area (Å²) in [5.41, 5.74) is -7.00. The zero-order chi connectivity index (χ0) is 57.5. The lowest BCUT2D eigenvalue weighted by Gasteiger charge is -2.18. The number of rotatable bonds is 4. The Morgan fingerprint density at radius 1 is 0.347 bits per heavy atom. The van der Waals surface area contributed by atoms with Crippen LogP contribution < -0.4 is 0 Å². The largest absolute Gasteiger partial charge is 0.456 e. The van der Waals surface area contributed by atoms with Gasteiger partial charge in [-0.3, -0.25) is 0 Å². The fourth-order valence-electron chi connectivity index (χ4n) is 5.88. The summed E-state index contributed by atoms with van der Waals surface area (Å²) in [7, 11) is 0. The molecule has 49 heavy (non-hydrogen) atoms. The lowest BCUT2D eigenvalue weighted by atomic mass is 9.84. The van der Waals surface area contributed by atoms with E-state index in [0.717, 1.165) is 6.07 Å². The van der Waals surface area contributed by atoms with Gasteiger partial charge in [0.15, 0.2) is 0 Å². The maximum Gasteiger partial charge on any atom is 0.136 e. The first-order chi connectivity index (χ1) is 36.4. The highest BCUT2D eigenvalue weighted by molar-refractivity contribution is 6.25. The monoisotopic (exact) mass is 651 g/mol. The molecule has 0 atom stereocenters. The molecule has 1 heteroatoms. The van der Waals surface area contributed by atoms with Crippen LogP contribution in [0.15, 0.2) is 186 Å². The van der Waals surface area contributed by atoms with Gasteiger partial charge in [-0.05, 0) is 95.0 Å². The number of furan rings is 1. The Hall–Kier alpha value is -6.44. The second-order valence-electron chi connectivity index (χ2n) is 10.6. The Bertz CT molecular complexity index is 4390. The molecule has 1 aromatic heterocycles. The van der Waals surface area contributed by atoms with E-state index in [1.807, 2.05) is 0 Å². The van der Waals surface area contributed by atoms with Gasteiger partial charge in [-0.15, -0.1) is 0 Å². The minimum Gasteiger partial charge on any atom is -0.456 e. The third kappa shape index (κ3) is 4.40. The van der Waals surface area contributed by atoms with E-state index in [1.54, 1.807) is 0 Å². The molecule has 0 N–H and O–H groups in total. The summed E-state index contributed by atoms with van der Waals surface area (Å²) in [4.78, 5) is 0. The van der Waals surface area contributed by atoms with Crippen molar-refractivity contribution in [1.29, 1.82) is 0 Å². The van der Waals surface area contributed by atoms with E-state index < -0.39 is 274 Å². The summed E-state index contributed by atoms with van der Waals surface area (Å²) in [6.07, 6.45) is 0. The molecule has 0 aliphatic carbocycles. The van der Waals surface area contributed by atoms with Crippen LogP contribution >= 0.6 is 0 Å². The van der Waals surface area contributed by atoms with Crippen molar-refractivity contribution in [2.75, 3.05) is 0 Å². The molecular formula is C48H30O. The van der Waals surface area contributed by atoms with Crippen molar-refractivity contribution in [3.63, 3.8) is 0 Å². The van der Waals surface area contributed by atoms with Gasteiger partial charge in [0.2, 0.25) is 0 Å². The van der Waals surface area contributed by atoms with Crippen molar-refractivity contribution in [3.05, 3.63) is 181 Å². The highest BCUT2D eigenvalue weighted by Gasteiger charge is 2.20. The summed E-state index contributed by atoms with van der Waals surface area (Å²) in [5.74, 6) is 0. The first kappa shape index (κ1) is 11.3. The molecule has 0 bridgehead atoms. The normalized spacial score (nSPS) is 20.0. The summed E-state index contributed by atoms with van der Waals surface area (Å²) in [6, 6.07) is -25.8. The molecule has 0 saturated heterocycles. The van der Waals surface area contributed by atoms with E-state index in [1.165, 1.54) is 0 Å². The van der Waals surface area contributed by atoms with Crippen molar-refractivity contribution >= 4 is 54.3 Å². The van der Waals surface area contributed by atoms with Crippen LogP contribution in [0.25, 0.3) is 98.8 Å². The van der Waals surface area contributed by atoms with Crippen molar-refractivity contribution in [1.82, 2.24) is 0 Å². The van der Waals surface area contributed by atoms with Gasteiger partial charge < -0.3 is 4.42 Å². The number of hydrogen-bond donors (Lipinski definition) is 0. The van der Waals surface area contributed by atoms with Crippen LogP contribution in [0.1, 0.15) is 39.8 Å². The van der Waals surface area contributed by atoms with Gasteiger partial charge in [-0.1, -0.05) is 163 Å². The smallest absolute Gasteiger partial charge is 0.136 e. The Balaban J connectivity index is 1.47. The molecule has 0 aliphatic heterocycles. The zero-order valence-corrected chi connectivity index (χ0v) is 24.5. The summed E-state index contributed by atoms with van der Waals surface area (Å²) in [6.45, 7) is 0. The molecule has 0 radical (unpaired) electrons. The maximum absolute atomic E-state index is 9.63. The van der Waals surface area contributed by atoms with Gasteiger partial charge in [0, 0.05) is 10.8 Å². The lowest BCUT2D eigenvalue weighted by molar-refractivity contribution is 0.669. The Morgan fingerprint density at radius 2 is 0.939 bits per heavy atom. The third-order valence-corrected chi connectivity index (χ3v) is 7.94. The molecule has 9 aromatic carbocycles. The lowest BCUT2D eigenvalue weighted by Crippen LogP contribution is -1.91. The minimum absolute atomic E-state index is 0.512. The van der Waals surface area contributed by atoms with Crippen LogP contribution in [0, 0.1) is 0 Å². The van der Waals surface area contributed by atoms with Crippen LogP contribution in [0.4, 0.5) is 0 Å². The molecule has 0 spiro atoms. The standard InChI is InChI=1S/C48H30O/c1-2-12-31(13-3-1)35-28-29-44-43(30-35)48-42(22-11-23-45(48)49-44)47-40-19-8-6-17-38(40)46(39-18-7-9-20-41(39)47)34-26-24-33(25-27-34)37-21-10-15-32-14-4-5-16-36(32)37/h1-30H/i1D,2D,3D,4D,5D,6D,7D,8D,9D,10D,12D,13D,14D,15D,16D,17D,18D,19D,20D,21D,22D,23D,24D,25D,26D,27D,28D,29D,30D. The molecule has 0 amide bonds. The van der Waals surface area contributed by atoms with E-state index in [4.69, 9.17) is 30.5 Å². The molecule has 1 nitrogen and oxygen atoms in total. The van der Waals surface area contributed by atoms with Crippen LogP contribution in [0.3, 0.4) is 0 Å². The molecule has 1 heterocycles. The summed E-state index contributed by atoms with van der Waals surface area (Å²) in [5, 5.41) is -5.17. The van der Waals surface area contributed by atoms with E-state index in [-0.39, 0.29) is 0 Å². The molecular weight excluding hydrogens is 593 g/mol. The van der Waals surface area contributed by atoms with Gasteiger partial charge in [-0.2, -0.15) is 0 Å². The van der Waals surface area contributed by atoms with Gasteiger partial charge in [-0.25, -0.2) is 0 Å². The SMILES string of the molecule is [2H]c1cc([2H])c2oc3c([2H])c([2H])c(-c4c([2H])c([2H])c([2H])c([2H])c4[2H])c([2H])c3c2c1-c1c2c([2H])c([2H])c([2H])c([2H])c2c(-c2c([2H])c([2H])c(-c3c([2H])c([2H])c([2H])c4c([2H])c([2H])c([2H])c([2H])c34)c([2H])c2[2H])c2c([2H])c([2H])c([2H])c([2H])c12. The predicted octanol–water partition coefficient (Wildman–Crippen LogP) is 13.7. The zero-order valence-electron chi connectivity index (χ0n) is 53.5. The van der Waals surface area contributed by atoms with Crippen molar-refractivity contribution in [2.24, 2.45) is 0 Å². The first-order valence-electron chi connectivity index (χ1n) is 29.0. The van der Waals surface area contributed by atoms with Crippen molar-refractivity contribution in [2.45, 2.75) is 0 Å². The van der Waals surface area contributed by atoms with Gasteiger partial charge in [0.1, 0.15) is 11.2 Å². The van der Waals surface area contributed by atoms with E-state index >= 15 is 0 Å². The Labute approximate surface area is 325 Å². The predicted molar refractivity (Wildman–Crippen MR) is 208 cm³/mol. The van der Waals surface area contributed by atoms with Gasteiger partial charge in [0.25, 0.3) is 0 Å². The quantitative estimate of drug-likeness (QED) is 0.173. The van der Waals surface area contributed by atoms with Crippen molar-refractivity contribution < 1.29 is 44.2 Å². The topological polar surface area (TPSA) is 13.1 Å². The molecule has 228 valence electrons. The number of hydrogen-bond acceptors (Lipinski definition) is 1. The fourth-order valence-corrected chi connectivity index (χ4v) is 5.88. The number of benzene rings is 9. The van der Waals surface area contributed by atoms with Crippen molar-refractivity contribution in [3.8, 4) is 44.5 Å². The molecule has 10 rings (SSSR count). The van der Waals surface area contributed by atoms with Crippen LogP contribution in [0.2, 0.25) is 0 Å². The fraction of sp³-hybridized carbons (Fsp3) is 0. The molecule has 0 aliphatic rings. The average molecular weight is 652 g/mol. The highest BCUT2D eigenvalue weighted by atomic mass is 16.3. The number of fused-ring (bicyclic) bond motifs is 6. The van der Waals surface area contributed by atoms with E-state index in [2.05, 4.69) is 0 Å². The molecule has 0 fully saturated rings. The summed E-state index contributed by atoms with van der Waals surface area (Å²) < 4.78 is 267. The summed E-state index contributed by atoms with van der Waals surface area (Å²) >= 11 is 0. The van der Waals surface area contributed by atoms with Crippen LogP contribution in [0.5, 0.6) is 0 Å². The molecule has 0 unspecified atom stereocenters. The minimum atomic E-state index is -1.10.